The summed E-state index contributed by atoms with van der Waals surface area (Å²) in [6.07, 6.45) is 4.31. The maximum Gasteiger partial charge on any atom is 0.254 e. The molecule has 0 bridgehead atoms. The van der Waals surface area contributed by atoms with E-state index in [1.807, 2.05) is 12.1 Å². The fourth-order valence-electron chi connectivity index (χ4n) is 3.16. The Morgan fingerprint density at radius 3 is 2.85 bits per heavy atom. The molecule has 2 aliphatic rings. The molecule has 1 amide bonds. The molecule has 3 rings (SSSR count). The molecule has 0 radical (unpaired) electrons. The topological polar surface area (TPSA) is 39.7 Å². The van der Waals surface area contributed by atoms with E-state index in [1.165, 1.54) is 19.4 Å². The zero-order chi connectivity index (χ0) is 14.1. The molecule has 2 aliphatic heterocycles. The van der Waals surface area contributed by atoms with Crippen molar-refractivity contribution in [3.63, 3.8) is 0 Å². The van der Waals surface area contributed by atoms with Gasteiger partial charge in [-0.05, 0) is 31.5 Å². The number of fused-ring (bicyclic) bond motifs is 1. The Balaban J connectivity index is 1.70. The van der Waals surface area contributed by atoms with Crippen molar-refractivity contribution in [3.8, 4) is 0 Å². The molecule has 0 aliphatic carbocycles. The van der Waals surface area contributed by atoms with Crippen LogP contribution in [0.15, 0.2) is 18.3 Å². The van der Waals surface area contributed by atoms with Gasteiger partial charge in [0, 0.05) is 46.0 Å². The van der Waals surface area contributed by atoms with E-state index in [4.69, 9.17) is 0 Å². The maximum absolute atomic E-state index is 11.8. The lowest BCUT2D eigenvalue weighted by Gasteiger charge is -2.38. The summed E-state index contributed by atoms with van der Waals surface area (Å²) in [5, 5.41) is 0. The van der Waals surface area contributed by atoms with Crippen molar-refractivity contribution < 1.29 is 4.79 Å². The molecule has 0 N–H and O–H groups in total. The van der Waals surface area contributed by atoms with Gasteiger partial charge in [0.15, 0.2) is 0 Å². The summed E-state index contributed by atoms with van der Waals surface area (Å²) in [7, 11) is 3.52. The fourth-order valence-corrected chi connectivity index (χ4v) is 3.16. The number of carbonyl (C=O) groups is 1. The van der Waals surface area contributed by atoms with Crippen LogP contribution in [0.5, 0.6) is 0 Å². The molecule has 1 aromatic rings. The van der Waals surface area contributed by atoms with E-state index in [9.17, 15) is 4.79 Å². The van der Waals surface area contributed by atoms with Gasteiger partial charge in [0.05, 0.1) is 5.56 Å². The number of pyridine rings is 1. The molecule has 3 heterocycles. The molecule has 5 heteroatoms. The van der Waals surface area contributed by atoms with Crippen LogP contribution in [0.2, 0.25) is 0 Å². The van der Waals surface area contributed by atoms with Crippen LogP contribution in [0, 0.1) is 0 Å². The molecule has 20 heavy (non-hydrogen) atoms. The van der Waals surface area contributed by atoms with Crippen LogP contribution in [0.4, 0.5) is 5.82 Å². The van der Waals surface area contributed by atoms with Gasteiger partial charge < -0.3 is 9.80 Å². The van der Waals surface area contributed by atoms with Gasteiger partial charge >= 0.3 is 0 Å². The lowest BCUT2D eigenvalue weighted by atomic mass is 10.1. The number of rotatable bonds is 2. The summed E-state index contributed by atoms with van der Waals surface area (Å²) in [6.45, 7) is 4.48. The Morgan fingerprint density at radius 1 is 1.30 bits per heavy atom. The first-order valence-corrected chi connectivity index (χ1v) is 7.32. The summed E-state index contributed by atoms with van der Waals surface area (Å²) < 4.78 is 0. The predicted molar refractivity (Wildman–Crippen MR) is 79.1 cm³/mol. The van der Waals surface area contributed by atoms with Crippen molar-refractivity contribution in [2.75, 3.05) is 45.2 Å². The normalized spacial score (nSPS) is 22.7. The van der Waals surface area contributed by atoms with Gasteiger partial charge in [-0.2, -0.15) is 0 Å². The SMILES string of the molecule is CN(C)C(=O)c1ccc(N2CCN3CCCC3C2)nc1. The number of hydrogen-bond acceptors (Lipinski definition) is 4. The molecule has 0 aromatic carbocycles. The van der Waals surface area contributed by atoms with Crippen molar-refractivity contribution in [1.82, 2.24) is 14.8 Å². The van der Waals surface area contributed by atoms with Crippen LogP contribution >= 0.6 is 0 Å². The summed E-state index contributed by atoms with van der Waals surface area (Å²) in [5.74, 6) is 0.997. The quantitative estimate of drug-likeness (QED) is 0.809. The number of amides is 1. The second-order valence-electron chi connectivity index (χ2n) is 5.88. The molecule has 5 nitrogen and oxygen atoms in total. The van der Waals surface area contributed by atoms with E-state index in [0.717, 1.165) is 25.5 Å². The lowest BCUT2D eigenvalue weighted by molar-refractivity contribution is 0.0827. The smallest absolute Gasteiger partial charge is 0.254 e. The second kappa shape index (κ2) is 5.40. The lowest BCUT2D eigenvalue weighted by Crippen LogP contribution is -2.50. The van der Waals surface area contributed by atoms with Gasteiger partial charge in [0.25, 0.3) is 5.91 Å². The average Bonchev–Trinajstić information content (AvgIpc) is 2.94. The van der Waals surface area contributed by atoms with Crippen LogP contribution in [-0.2, 0) is 0 Å². The zero-order valence-electron chi connectivity index (χ0n) is 12.2. The van der Waals surface area contributed by atoms with Gasteiger partial charge in [-0.1, -0.05) is 0 Å². The van der Waals surface area contributed by atoms with Crippen LogP contribution < -0.4 is 4.90 Å². The van der Waals surface area contributed by atoms with Crippen LogP contribution in [0.25, 0.3) is 0 Å². The molecule has 2 saturated heterocycles. The number of anilines is 1. The number of carbonyl (C=O) groups excluding carboxylic acids is 1. The monoisotopic (exact) mass is 274 g/mol. The summed E-state index contributed by atoms with van der Waals surface area (Å²) >= 11 is 0. The number of aromatic nitrogens is 1. The van der Waals surface area contributed by atoms with Crippen molar-refractivity contribution >= 4 is 11.7 Å². The van der Waals surface area contributed by atoms with E-state index >= 15 is 0 Å². The van der Waals surface area contributed by atoms with E-state index < -0.39 is 0 Å². The third kappa shape index (κ3) is 2.50. The van der Waals surface area contributed by atoms with Crippen LogP contribution in [0.1, 0.15) is 23.2 Å². The van der Waals surface area contributed by atoms with E-state index in [-0.39, 0.29) is 5.91 Å². The minimum atomic E-state index is 0.00432. The van der Waals surface area contributed by atoms with E-state index in [0.29, 0.717) is 11.6 Å². The van der Waals surface area contributed by atoms with Crippen molar-refractivity contribution in [2.45, 2.75) is 18.9 Å². The van der Waals surface area contributed by atoms with Crippen molar-refractivity contribution in [1.29, 1.82) is 0 Å². The highest BCUT2D eigenvalue weighted by Gasteiger charge is 2.30. The highest BCUT2D eigenvalue weighted by Crippen LogP contribution is 2.24. The van der Waals surface area contributed by atoms with Gasteiger partial charge in [0.2, 0.25) is 0 Å². The summed E-state index contributed by atoms with van der Waals surface area (Å²) in [4.78, 5) is 22.8. The molecule has 108 valence electrons. The Labute approximate surface area is 120 Å². The highest BCUT2D eigenvalue weighted by atomic mass is 16.2. The Bertz CT molecular complexity index is 485. The first-order valence-electron chi connectivity index (χ1n) is 7.32. The molecule has 2 fully saturated rings. The minimum Gasteiger partial charge on any atom is -0.354 e. The van der Waals surface area contributed by atoms with Gasteiger partial charge in [-0.3, -0.25) is 9.69 Å². The van der Waals surface area contributed by atoms with Crippen molar-refractivity contribution in [3.05, 3.63) is 23.9 Å². The summed E-state index contributed by atoms with van der Waals surface area (Å²) in [6, 6.07) is 4.54. The molecule has 1 atom stereocenters. The molecule has 1 unspecified atom stereocenters. The standard InChI is InChI=1S/C15H22N4O/c1-17(2)15(20)12-5-6-14(16-10-12)19-9-8-18-7-3-4-13(18)11-19/h5-6,10,13H,3-4,7-9,11H2,1-2H3. The van der Waals surface area contributed by atoms with E-state index in [2.05, 4.69) is 14.8 Å². The number of nitrogens with zero attached hydrogens (tertiary/aromatic N) is 4. The largest absolute Gasteiger partial charge is 0.354 e. The number of piperazine rings is 1. The van der Waals surface area contributed by atoms with Crippen molar-refractivity contribution in [2.24, 2.45) is 0 Å². The predicted octanol–water partition coefficient (Wildman–Crippen LogP) is 1.07. The Kier molecular flexibility index (Phi) is 3.61. The fraction of sp³-hybridized carbons (Fsp3) is 0.600. The Morgan fingerprint density at radius 2 is 2.15 bits per heavy atom. The molecular weight excluding hydrogens is 252 g/mol. The molecule has 0 saturated carbocycles. The number of hydrogen-bond donors (Lipinski definition) is 0. The van der Waals surface area contributed by atoms with E-state index in [1.54, 1.807) is 25.2 Å². The molecular formula is C15H22N4O. The van der Waals surface area contributed by atoms with Crippen LogP contribution in [0.3, 0.4) is 0 Å². The average molecular weight is 274 g/mol. The zero-order valence-corrected chi connectivity index (χ0v) is 12.2. The third-order valence-corrected chi connectivity index (χ3v) is 4.31. The van der Waals surface area contributed by atoms with Crippen LogP contribution in [-0.4, -0.2) is 67.0 Å². The first-order chi connectivity index (χ1) is 9.65. The maximum atomic E-state index is 11.8. The van der Waals surface area contributed by atoms with Gasteiger partial charge in [-0.25, -0.2) is 4.98 Å². The van der Waals surface area contributed by atoms with Gasteiger partial charge in [-0.15, -0.1) is 0 Å². The third-order valence-electron chi connectivity index (χ3n) is 4.31. The Hall–Kier alpha value is -1.62. The minimum absolute atomic E-state index is 0.00432. The highest BCUT2D eigenvalue weighted by molar-refractivity contribution is 5.93. The molecule has 1 aromatic heterocycles. The second-order valence-corrected chi connectivity index (χ2v) is 5.88. The molecule has 0 spiro atoms. The van der Waals surface area contributed by atoms with Gasteiger partial charge in [0.1, 0.15) is 5.82 Å². The summed E-state index contributed by atoms with van der Waals surface area (Å²) in [5.41, 5.74) is 0.651. The first kappa shape index (κ1) is 13.4.